The lowest BCUT2D eigenvalue weighted by Gasteiger charge is -2.40. The van der Waals surface area contributed by atoms with Crippen molar-refractivity contribution in [2.24, 2.45) is 5.92 Å². The van der Waals surface area contributed by atoms with Gasteiger partial charge in [-0.05, 0) is 74.5 Å². The van der Waals surface area contributed by atoms with E-state index >= 15 is 0 Å². The van der Waals surface area contributed by atoms with Crippen LogP contribution in [-0.2, 0) is 13.0 Å². The molecule has 6 heteroatoms. The maximum Gasteiger partial charge on any atom is 0.289 e. The van der Waals surface area contributed by atoms with Crippen molar-refractivity contribution in [2.75, 3.05) is 20.1 Å². The van der Waals surface area contributed by atoms with Crippen molar-refractivity contribution < 1.29 is 18.0 Å². The van der Waals surface area contributed by atoms with Gasteiger partial charge in [-0.25, -0.2) is 8.78 Å². The number of piperidine rings is 1. The van der Waals surface area contributed by atoms with Crippen molar-refractivity contribution in [2.45, 2.75) is 38.8 Å². The molecule has 1 aliphatic rings. The summed E-state index contributed by atoms with van der Waals surface area (Å²) >= 11 is 0. The SMILES string of the molecule is Cc1ccc(CN2CCC(C(Cc3ccc(F)cc3F)N(C)C(=O)c3ccco3)CC2)cc1. The van der Waals surface area contributed by atoms with Gasteiger partial charge < -0.3 is 9.32 Å². The second-order valence-corrected chi connectivity index (χ2v) is 9.00. The van der Waals surface area contributed by atoms with Crippen LogP contribution in [0.5, 0.6) is 0 Å². The molecule has 1 atom stereocenters. The molecule has 0 bridgehead atoms. The molecule has 1 aromatic heterocycles. The van der Waals surface area contributed by atoms with Crippen molar-refractivity contribution >= 4 is 5.91 Å². The molecular weight excluding hydrogens is 422 g/mol. The van der Waals surface area contributed by atoms with Gasteiger partial charge >= 0.3 is 0 Å². The van der Waals surface area contributed by atoms with Gasteiger partial charge in [0.25, 0.3) is 5.91 Å². The van der Waals surface area contributed by atoms with E-state index in [1.807, 2.05) is 0 Å². The second-order valence-electron chi connectivity index (χ2n) is 9.00. The van der Waals surface area contributed by atoms with Crippen molar-refractivity contribution in [3.63, 3.8) is 0 Å². The zero-order valence-electron chi connectivity index (χ0n) is 19.1. The van der Waals surface area contributed by atoms with Crippen LogP contribution in [0.3, 0.4) is 0 Å². The van der Waals surface area contributed by atoms with E-state index in [1.165, 1.54) is 29.5 Å². The molecule has 4 rings (SSSR count). The average molecular weight is 453 g/mol. The van der Waals surface area contributed by atoms with E-state index in [2.05, 4.69) is 36.1 Å². The number of likely N-dealkylation sites (tertiary alicyclic amines) is 1. The third-order valence-corrected chi connectivity index (χ3v) is 6.70. The molecule has 0 spiro atoms. The summed E-state index contributed by atoms with van der Waals surface area (Å²) in [6.07, 6.45) is 3.60. The number of rotatable bonds is 7. The van der Waals surface area contributed by atoms with Gasteiger partial charge in [0.15, 0.2) is 5.76 Å². The molecule has 4 nitrogen and oxygen atoms in total. The van der Waals surface area contributed by atoms with Gasteiger partial charge in [0.1, 0.15) is 11.6 Å². The number of carbonyl (C=O) groups excluding carboxylic acids is 1. The van der Waals surface area contributed by atoms with Gasteiger partial charge in [-0.3, -0.25) is 9.69 Å². The number of halogens is 2. The van der Waals surface area contributed by atoms with Crippen LogP contribution in [0.25, 0.3) is 0 Å². The summed E-state index contributed by atoms with van der Waals surface area (Å²) in [6, 6.07) is 15.3. The zero-order valence-corrected chi connectivity index (χ0v) is 19.1. The fourth-order valence-electron chi connectivity index (χ4n) is 4.70. The highest BCUT2D eigenvalue weighted by Crippen LogP contribution is 2.29. The summed E-state index contributed by atoms with van der Waals surface area (Å²) in [5, 5.41) is 0. The van der Waals surface area contributed by atoms with E-state index in [1.54, 1.807) is 24.1 Å². The minimum Gasteiger partial charge on any atom is -0.459 e. The van der Waals surface area contributed by atoms with Crippen LogP contribution in [0.1, 0.15) is 40.1 Å². The fraction of sp³-hybridized carbons (Fsp3) is 0.370. The lowest BCUT2D eigenvalue weighted by atomic mass is 9.84. The first-order chi connectivity index (χ1) is 15.9. The van der Waals surface area contributed by atoms with Crippen molar-refractivity contribution in [3.8, 4) is 0 Å². The maximum atomic E-state index is 14.5. The molecular formula is C27H30F2N2O2. The molecule has 1 aliphatic heterocycles. The second kappa shape index (κ2) is 10.3. The van der Waals surface area contributed by atoms with Gasteiger partial charge in [0.2, 0.25) is 0 Å². The third kappa shape index (κ3) is 5.69. The number of amides is 1. The first-order valence-electron chi connectivity index (χ1n) is 11.4. The standard InChI is InChI=1S/C27H30F2N2O2/c1-19-5-7-20(8-6-19)18-31-13-11-21(12-14-31)25(16-22-9-10-23(28)17-24(22)29)30(2)27(32)26-4-3-15-33-26/h3-10,15,17,21,25H,11-14,16,18H2,1-2H3. The highest BCUT2D eigenvalue weighted by Gasteiger charge is 2.33. The Morgan fingerprint density at radius 2 is 1.85 bits per heavy atom. The molecule has 3 aromatic rings. The molecule has 0 aliphatic carbocycles. The van der Waals surface area contributed by atoms with Gasteiger partial charge in [0.05, 0.1) is 6.26 Å². The Morgan fingerprint density at radius 1 is 1.12 bits per heavy atom. The summed E-state index contributed by atoms with van der Waals surface area (Å²) in [7, 11) is 1.75. The smallest absolute Gasteiger partial charge is 0.289 e. The molecule has 2 heterocycles. The highest BCUT2D eigenvalue weighted by molar-refractivity contribution is 5.91. The molecule has 33 heavy (non-hydrogen) atoms. The van der Waals surface area contributed by atoms with Crippen LogP contribution < -0.4 is 0 Å². The number of likely N-dealkylation sites (N-methyl/N-ethyl adjacent to an activating group) is 1. The lowest BCUT2D eigenvalue weighted by Crippen LogP contribution is -2.47. The maximum absolute atomic E-state index is 14.5. The zero-order chi connectivity index (χ0) is 23.4. The predicted octanol–water partition coefficient (Wildman–Crippen LogP) is 5.46. The van der Waals surface area contributed by atoms with Crippen LogP contribution in [-0.4, -0.2) is 41.9 Å². The Balaban J connectivity index is 1.48. The highest BCUT2D eigenvalue weighted by atomic mass is 19.1. The lowest BCUT2D eigenvalue weighted by molar-refractivity contribution is 0.0554. The van der Waals surface area contributed by atoms with Crippen LogP contribution in [0.4, 0.5) is 8.78 Å². The van der Waals surface area contributed by atoms with E-state index in [4.69, 9.17) is 4.42 Å². The van der Waals surface area contributed by atoms with E-state index in [-0.39, 0.29) is 23.6 Å². The number of hydrogen-bond donors (Lipinski definition) is 0. The summed E-state index contributed by atoms with van der Waals surface area (Å²) in [6.45, 7) is 4.79. The largest absolute Gasteiger partial charge is 0.459 e. The van der Waals surface area contributed by atoms with Crippen molar-refractivity contribution in [1.82, 2.24) is 9.80 Å². The van der Waals surface area contributed by atoms with Crippen LogP contribution in [0, 0.1) is 24.5 Å². The summed E-state index contributed by atoms with van der Waals surface area (Å²) in [5.41, 5.74) is 2.95. The Hall–Kier alpha value is -2.99. The number of benzene rings is 2. The molecule has 0 radical (unpaired) electrons. The molecule has 2 aromatic carbocycles. The Labute approximate surface area is 193 Å². The monoisotopic (exact) mass is 452 g/mol. The first-order valence-corrected chi connectivity index (χ1v) is 11.4. The molecule has 1 fully saturated rings. The van der Waals surface area contributed by atoms with E-state index < -0.39 is 11.6 Å². The molecule has 0 saturated carbocycles. The third-order valence-electron chi connectivity index (χ3n) is 6.70. The minimum absolute atomic E-state index is 0.202. The average Bonchev–Trinajstić information content (AvgIpc) is 3.35. The molecule has 1 amide bonds. The number of hydrogen-bond acceptors (Lipinski definition) is 3. The summed E-state index contributed by atoms with van der Waals surface area (Å²) < 4.78 is 33.2. The van der Waals surface area contributed by atoms with E-state index in [0.29, 0.717) is 12.0 Å². The number of furan rings is 1. The molecule has 1 saturated heterocycles. The van der Waals surface area contributed by atoms with Crippen LogP contribution in [0.2, 0.25) is 0 Å². The number of carbonyl (C=O) groups is 1. The topological polar surface area (TPSA) is 36.7 Å². The Morgan fingerprint density at radius 3 is 2.48 bits per heavy atom. The summed E-state index contributed by atoms with van der Waals surface area (Å²) in [4.78, 5) is 17.1. The molecule has 0 N–H and O–H groups in total. The predicted molar refractivity (Wildman–Crippen MR) is 124 cm³/mol. The summed E-state index contributed by atoms with van der Waals surface area (Å²) in [5.74, 6) is -0.936. The Bertz CT molecular complexity index is 1060. The van der Waals surface area contributed by atoms with Crippen LogP contribution in [0.15, 0.2) is 65.3 Å². The van der Waals surface area contributed by atoms with Crippen LogP contribution >= 0.6 is 0 Å². The fourth-order valence-corrected chi connectivity index (χ4v) is 4.70. The normalized spacial score (nSPS) is 16.0. The quantitative estimate of drug-likeness (QED) is 0.478. The van der Waals surface area contributed by atoms with Gasteiger partial charge in [-0.1, -0.05) is 35.9 Å². The Kier molecular flexibility index (Phi) is 7.23. The van der Waals surface area contributed by atoms with Gasteiger partial charge in [-0.2, -0.15) is 0 Å². The van der Waals surface area contributed by atoms with E-state index in [0.717, 1.165) is 38.5 Å². The van der Waals surface area contributed by atoms with E-state index in [9.17, 15) is 13.6 Å². The van der Waals surface area contributed by atoms with Crippen molar-refractivity contribution in [3.05, 3.63) is 94.9 Å². The van der Waals surface area contributed by atoms with Gasteiger partial charge in [-0.15, -0.1) is 0 Å². The minimum atomic E-state index is -0.600. The molecule has 1 unspecified atom stereocenters. The number of nitrogens with zero attached hydrogens (tertiary/aromatic N) is 2. The van der Waals surface area contributed by atoms with Gasteiger partial charge in [0, 0.05) is 25.7 Å². The first kappa shape index (κ1) is 23.2. The van der Waals surface area contributed by atoms with Crippen molar-refractivity contribution in [1.29, 1.82) is 0 Å². The number of aryl methyl sites for hydroxylation is 1. The molecule has 174 valence electrons.